The lowest BCUT2D eigenvalue weighted by atomic mass is 9.77. The van der Waals surface area contributed by atoms with Crippen LogP contribution in [0.15, 0.2) is 48.5 Å². The first-order valence-electron chi connectivity index (χ1n) is 13.0. The third kappa shape index (κ3) is 5.47. The minimum absolute atomic E-state index is 0.0622. The van der Waals surface area contributed by atoms with E-state index in [0.717, 1.165) is 44.9 Å². The molecule has 0 aromatic heterocycles. The van der Waals surface area contributed by atoms with E-state index in [1.165, 1.54) is 6.42 Å². The van der Waals surface area contributed by atoms with Crippen LogP contribution in [-0.2, 0) is 6.42 Å². The van der Waals surface area contributed by atoms with E-state index in [0.29, 0.717) is 34.6 Å². The first-order chi connectivity index (χ1) is 16.9. The Morgan fingerprint density at radius 3 is 1.77 bits per heavy atom. The quantitative estimate of drug-likeness (QED) is 0.280. The van der Waals surface area contributed by atoms with Crippen molar-refractivity contribution in [2.45, 2.75) is 77.6 Å². The monoisotopic (exact) mass is 482 g/mol. The fourth-order valence-corrected chi connectivity index (χ4v) is 5.48. The Bertz CT molecular complexity index is 1140. The van der Waals surface area contributed by atoms with Crippen molar-refractivity contribution < 1.29 is 17.6 Å². The molecule has 0 nitrogen and oxygen atoms in total. The normalized spacial score (nSPS) is 18.1. The molecule has 1 aliphatic carbocycles. The molecule has 0 saturated heterocycles. The second-order valence-electron chi connectivity index (χ2n) is 9.92. The molecule has 0 spiro atoms. The molecule has 186 valence electrons. The molecule has 35 heavy (non-hydrogen) atoms. The maximum absolute atomic E-state index is 15.1. The third-order valence-electron chi connectivity index (χ3n) is 7.56. The van der Waals surface area contributed by atoms with Crippen molar-refractivity contribution in [3.8, 4) is 22.3 Å². The van der Waals surface area contributed by atoms with E-state index in [1.807, 2.05) is 6.92 Å². The second kappa shape index (κ2) is 11.4. The van der Waals surface area contributed by atoms with Gasteiger partial charge in [0, 0.05) is 11.1 Å². The number of rotatable bonds is 8. The summed E-state index contributed by atoms with van der Waals surface area (Å²) in [5.74, 6) is -2.53. The predicted octanol–water partition coefficient (Wildman–Crippen LogP) is 9.99. The molecule has 1 aliphatic rings. The molecule has 0 heterocycles. The first-order valence-corrected chi connectivity index (χ1v) is 13.0. The van der Waals surface area contributed by atoms with Gasteiger partial charge in [-0.25, -0.2) is 17.6 Å². The Kier molecular flexibility index (Phi) is 8.30. The van der Waals surface area contributed by atoms with Crippen molar-refractivity contribution in [3.05, 3.63) is 82.9 Å². The highest BCUT2D eigenvalue weighted by Crippen LogP contribution is 2.40. The molecule has 4 rings (SSSR count). The van der Waals surface area contributed by atoms with Gasteiger partial charge in [-0.1, -0.05) is 81.6 Å². The molecule has 0 radical (unpaired) electrons. The van der Waals surface area contributed by atoms with E-state index < -0.39 is 23.3 Å². The van der Waals surface area contributed by atoms with Crippen LogP contribution < -0.4 is 0 Å². The molecule has 1 fully saturated rings. The van der Waals surface area contributed by atoms with Gasteiger partial charge in [0.1, 0.15) is 0 Å². The first kappa shape index (κ1) is 25.5. The smallest absolute Gasteiger partial charge is 0.166 e. The Hall–Kier alpha value is -2.62. The Labute approximate surface area is 206 Å². The summed E-state index contributed by atoms with van der Waals surface area (Å²) in [5.41, 5.74) is 2.19. The summed E-state index contributed by atoms with van der Waals surface area (Å²) in [6.45, 7) is 4.19. The van der Waals surface area contributed by atoms with Gasteiger partial charge in [0.25, 0.3) is 0 Å². The number of halogens is 4. The summed E-state index contributed by atoms with van der Waals surface area (Å²) in [4.78, 5) is 0. The highest BCUT2D eigenvalue weighted by atomic mass is 19.2. The Morgan fingerprint density at radius 2 is 1.20 bits per heavy atom. The van der Waals surface area contributed by atoms with Crippen LogP contribution in [0.2, 0.25) is 0 Å². The molecule has 0 bridgehead atoms. The van der Waals surface area contributed by atoms with Gasteiger partial charge in [-0.15, -0.1) is 0 Å². The van der Waals surface area contributed by atoms with Crippen molar-refractivity contribution in [1.29, 1.82) is 0 Å². The van der Waals surface area contributed by atoms with Crippen LogP contribution in [0.4, 0.5) is 17.6 Å². The summed E-state index contributed by atoms with van der Waals surface area (Å²) in [5, 5.41) is 0. The van der Waals surface area contributed by atoms with Crippen LogP contribution in [0.1, 0.15) is 82.3 Å². The largest absolute Gasteiger partial charge is 0.203 e. The van der Waals surface area contributed by atoms with Gasteiger partial charge in [0.15, 0.2) is 23.3 Å². The van der Waals surface area contributed by atoms with Crippen molar-refractivity contribution in [2.24, 2.45) is 5.92 Å². The zero-order chi connectivity index (χ0) is 24.9. The summed E-state index contributed by atoms with van der Waals surface area (Å²) in [6, 6.07) is 13.1. The second-order valence-corrected chi connectivity index (χ2v) is 9.92. The van der Waals surface area contributed by atoms with Crippen LogP contribution in [0.25, 0.3) is 22.3 Å². The third-order valence-corrected chi connectivity index (χ3v) is 7.56. The average molecular weight is 483 g/mol. The van der Waals surface area contributed by atoms with E-state index in [2.05, 4.69) is 6.92 Å². The van der Waals surface area contributed by atoms with Gasteiger partial charge in [0.05, 0.1) is 0 Å². The van der Waals surface area contributed by atoms with Crippen molar-refractivity contribution in [3.63, 3.8) is 0 Å². The van der Waals surface area contributed by atoms with E-state index in [1.54, 1.807) is 48.5 Å². The van der Waals surface area contributed by atoms with Crippen LogP contribution >= 0.6 is 0 Å². The van der Waals surface area contributed by atoms with Crippen molar-refractivity contribution >= 4 is 0 Å². The minimum atomic E-state index is -0.874. The molecular weight excluding hydrogens is 448 g/mol. The fraction of sp³-hybridized carbons (Fsp3) is 0.419. The maximum atomic E-state index is 15.1. The predicted molar refractivity (Wildman–Crippen MR) is 135 cm³/mol. The highest BCUT2D eigenvalue weighted by Gasteiger charge is 2.26. The lowest BCUT2D eigenvalue weighted by molar-refractivity contribution is 0.303. The van der Waals surface area contributed by atoms with Gasteiger partial charge in [0.2, 0.25) is 0 Å². The zero-order valence-electron chi connectivity index (χ0n) is 20.6. The van der Waals surface area contributed by atoms with E-state index in [4.69, 9.17) is 0 Å². The number of hydrogen-bond donors (Lipinski definition) is 0. The number of unbranched alkanes of at least 4 members (excludes halogenated alkanes) is 1. The number of aryl methyl sites for hydroxylation is 1. The molecule has 0 N–H and O–H groups in total. The highest BCUT2D eigenvalue weighted by molar-refractivity contribution is 5.71. The standard InChI is InChI=1S/C31H34F4/c1-3-5-7-24-16-17-25(29(33)28(24)32)22-12-14-23(15-13-22)27-19-18-26(30(34)31(27)35)21-10-8-20(6-4-2)9-11-21/h12-21H,3-11H2,1-2H3. The van der Waals surface area contributed by atoms with Gasteiger partial charge in [-0.05, 0) is 72.6 Å². The van der Waals surface area contributed by atoms with Crippen LogP contribution in [0, 0.1) is 29.2 Å². The summed E-state index contributed by atoms with van der Waals surface area (Å²) in [7, 11) is 0. The van der Waals surface area contributed by atoms with Crippen molar-refractivity contribution in [2.75, 3.05) is 0 Å². The van der Waals surface area contributed by atoms with Gasteiger partial charge in [-0.2, -0.15) is 0 Å². The molecule has 0 amide bonds. The molecule has 3 aromatic carbocycles. The Balaban J connectivity index is 1.54. The lowest BCUT2D eigenvalue weighted by Crippen LogP contribution is -2.14. The van der Waals surface area contributed by atoms with E-state index >= 15 is 8.78 Å². The van der Waals surface area contributed by atoms with Gasteiger partial charge in [-0.3, -0.25) is 0 Å². The lowest BCUT2D eigenvalue weighted by Gasteiger charge is -2.29. The molecule has 0 unspecified atom stereocenters. The molecular formula is C31H34F4. The van der Waals surface area contributed by atoms with Gasteiger partial charge >= 0.3 is 0 Å². The molecule has 1 saturated carbocycles. The van der Waals surface area contributed by atoms with E-state index in [9.17, 15) is 8.78 Å². The van der Waals surface area contributed by atoms with Crippen LogP contribution in [0.3, 0.4) is 0 Å². The topological polar surface area (TPSA) is 0 Å². The molecule has 3 aromatic rings. The summed E-state index contributed by atoms with van der Waals surface area (Å²) >= 11 is 0. The van der Waals surface area contributed by atoms with E-state index in [-0.39, 0.29) is 17.0 Å². The average Bonchev–Trinajstić information content (AvgIpc) is 2.88. The van der Waals surface area contributed by atoms with Gasteiger partial charge < -0.3 is 0 Å². The molecule has 0 atom stereocenters. The van der Waals surface area contributed by atoms with Crippen LogP contribution in [0.5, 0.6) is 0 Å². The SMILES string of the molecule is CCCCc1ccc(-c2ccc(-c3ccc(C4CCC(CCC)CC4)c(F)c3F)cc2)c(F)c1F. The summed E-state index contributed by atoms with van der Waals surface area (Å²) < 4.78 is 59.4. The van der Waals surface area contributed by atoms with Crippen LogP contribution in [-0.4, -0.2) is 0 Å². The Morgan fingerprint density at radius 1 is 0.629 bits per heavy atom. The molecule has 4 heteroatoms. The maximum Gasteiger partial charge on any atom is 0.166 e. The number of hydrogen-bond acceptors (Lipinski definition) is 0. The zero-order valence-corrected chi connectivity index (χ0v) is 20.6. The molecule has 0 aliphatic heterocycles. The minimum Gasteiger partial charge on any atom is -0.203 e. The van der Waals surface area contributed by atoms with Crippen molar-refractivity contribution in [1.82, 2.24) is 0 Å². The summed E-state index contributed by atoms with van der Waals surface area (Å²) in [6.07, 6.45) is 8.50. The number of benzene rings is 3. The fourth-order valence-electron chi connectivity index (χ4n) is 5.48.